The molecule has 6 aromatic carbocycles. The van der Waals surface area contributed by atoms with Crippen LogP contribution in [0.2, 0.25) is 0 Å². The molecule has 52 heavy (non-hydrogen) atoms. The maximum atomic E-state index is 5.56. The molecule has 0 aliphatic rings. The summed E-state index contributed by atoms with van der Waals surface area (Å²) >= 11 is 0. The van der Waals surface area contributed by atoms with Crippen LogP contribution >= 0.6 is 0 Å². The van der Waals surface area contributed by atoms with Crippen molar-refractivity contribution in [3.63, 3.8) is 0 Å². The Balaban J connectivity index is 1.30. The molecule has 0 N–H and O–H groups in total. The van der Waals surface area contributed by atoms with Crippen LogP contribution in [-0.2, 0) is 0 Å². The molecule has 0 saturated carbocycles. The SMILES string of the molecule is C#CC#CC#CC#COc1ccc(N(c2ccc(C)cc2)c2ccc(C=C(c3ccccc3)c3ccc(C(=CC)c4ccccc4)cc3)cc2)cc1. The molecule has 2 nitrogen and oxygen atoms in total. The van der Waals surface area contributed by atoms with Crippen LogP contribution in [-0.4, -0.2) is 0 Å². The second kappa shape index (κ2) is 17.3. The van der Waals surface area contributed by atoms with Gasteiger partial charge in [-0.25, -0.2) is 0 Å². The van der Waals surface area contributed by atoms with Crippen molar-refractivity contribution < 1.29 is 4.74 Å². The third-order valence-corrected chi connectivity index (χ3v) is 8.36. The van der Waals surface area contributed by atoms with Gasteiger partial charge in [0.15, 0.2) is 0 Å². The van der Waals surface area contributed by atoms with Gasteiger partial charge in [0.1, 0.15) is 11.9 Å². The maximum absolute atomic E-state index is 5.56. The topological polar surface area (TPSA) is 12.5 Å². The van der Waals surface area contributed by atoms with Crippen LogP contribution in [0.3, 0.4) is 0 Å². The molecule has 0 atom stereocenters. The average Bonchev–Trinajstić information content (AvgIpc) is 3.20. The van der Waals surface area contributed by atoms with Crippen molar-refractivity contribution in [3.05, 3.63) is 197 Å². The van der Waals surface area contributed by atoms with Crippen molar-refractivity contribution in [3.8, 4) is 53.8 Å². The Hall–Kier alpha value is -7.36. The lowest BCUT2D eigenvalue weighted by Crippen LogP contribution is -2.09. The van der Waals surface area contributed by atoms with Crippen molar-refractivity contribution >= 4 is 34.3 Å². The van der Waals surface area contributed by atoms with Crippen LogP contribution in [0.15, 0.2) is 164 Å². The first-order valence-electron chi connectivity index (χ1n) is 16.9. The summed E-state index contributed by atoms with van der Waals surface area (Å²) < 4.78 is 5.56. The molecule has 0 bridgehead atoms. The third kappa shape index (κ3) is 8.80. The summed E-state index contributed by atoms with van der Waals surface area (Å²) in [6.07, 6.45) is 12.1. The number of ether oxygens (including phenoxy) is 1. The Kier molecular flexibility index (Phi) is 11.5. The van der Waals surface area contributed by atoms with E-state index in [0.717, 1.165) is 39.3 Å². The molecule has 0 aliphatic carbocycles. The summed E-state index contributed by atoms with van der Waals surface area (Å²) in [5.41, 5.74) is 12.4. The van der Waals surface area contributed by atoms with Gasteiger partial charge in [0.05, 0.1) is 0 Å². The number of rotatable bonds is 9. The second-order valence-electron chi connectivity index (χ2n) is 11.8. The van der Waals surface area contributed by atoms with Crippen molar-refractivity contribution in [1.29, 1.82) is 0 Å². The molecular formula is C50H35NO. The standard InChI is InChI=1S/C50H35NO/c1-4-6-7-8-9-16-37-52-48-35-33-47(34-36-48)51(45-29-21-39(3)22-30-45)46-31-23-40(24-32-46)38-50(42-19-14-11-15-20-42)44-27-25-43(26-28-44)49(5-2)41-17-12-10-13-18-41/h1,5,10-15,17-36,38H,2-3H3. The largest absolute Gasteiger partial charge is 0.407 e. The lowest BCUT2D eigenvalue weighted by Gasteiger charge is -2.26. The number of nitrogens with zero attached hydrogens (tertiary/aromatic N) is 1. The van der Waals surface area contributed by atoms with Gasteiger partial charge < -0.3 is 9.64 Å². The maximum Gasteiger partial charge on any atom is 0.140 e. The molecule has 0 radical (unpaired) electrons. The van der Waals surface area contributed by atoms with E-state index in [1.807, 2.05) is 30.3 Å². The number of aryl methyl sites for hydroxylation is 1. The Morgan fingerprint density at radius 2 is 0.981 bits per heavy atom. The first-order valence-corrected chi connectivity index (χ1v) is 16.9. The highest BCUT2D eigenvalue weighted by Gasteiger charge is 2.14. The van der Waals surface area contributed by atoms with E-state index in [1.165, 1.54) is 22.3 Å². The van der Waals surface area contributed by atoms with E-state index in [2.05, 4.69) is 200 Å². The summed E-state index contributed by atoms with van der Waals surface area (Å²) in [6, 6.07) is 54.9. The summed E-state index contributed by atoms with van der Waals surface area (Å²) in [5.74, 6) is 15.5. The molecular weight excluding hydrogens is 631 g/mol. The second-order valence-corrected chi connectivity index (χ2v) is 11.8. The number of benzene rings is 6. The molecule has 0 unspecified atom stereocenters. The van der Waals surface area contributed by atoms with Crippen molar-refractivity contribution in [1.82, 2.24) is 0 Å². The van der Waals surface area contributed by atoms with E-state index in [4.69, 9.17) is 11.2 Å². The number of allylic oxidation sites excluding steroid dienone is 1. The fraction of sp³-hybridized carbons (Fsp3) is 0.0400. The Bertz CT molecular complexity index is 2410. The van der Waals surface area contributed by atoms with Gasteiger partial charge in [-0.3, -0.25) is 0 Å². The zero-order chi connectivity index (χ0) is 36.0. The molecule has 0 heterocycles. The van der Waals surface area contributed by atoms with E-state index < -0.39 is 0 Å². The van der Waals surface area contributed by atoms with Gasteiger partial charge in [-0.15, -0.1) is 6.42 Å². The smallest absolute Gasteiger partial charge is 0.140 e. The average molecular weight is 666 g/mol. The highest BCUT2D eigenvalue weighted by Crippen LogP contribution is 2.36. The van der Waals surface area contributed by atoms with Crippen LogP contribution in [0.4, 0.5) is 17.1 Å². The first kappa shape index (κ1) is 34.5. The molecule has 0 aliphatic heterocycles. The molecule has 0 saturated heterocycles. The molecule has 0 amide bonds. The van der Waals surface area contributed by atoms with E-state index in [9.17, 15) is 0 Å². The third-order valence-electron chi connectivity index (χ3n) is 8.36. The highest BCUT2D eigenvalue weighted by atomic mass is 16.5. The van der Waals surface area contributed by atoms with Gasteiger partial charge in [-0.2, -0.15) is 0 Å². The molecule has 0 spiro atoms. The van der Waals surface area contributed by atoms with E-state index in [-0.39, 0.29) is 0 Å². The molecule has 0 fully saturated rings. The summed E-state index contributed by atoms with van der Waals surface area (Å²) in [7, 11) is 0. The predicted molar refractivity (Wildman–Crippen MR) is 218 cm³/mol. The first-order chi connectivity index (χ1) is 25.6. The molecule has 2 heteroatoms. The fourth-order valence-corrected chi connectivity index (χ4v) is 5.83. The van der Waals surface area contributed by atoms with Crippen LogP contribution in [0.1, 0.15) is 40.3 Å². The number of hydrogen-bond donors (Lipinski definition) is 0. The number of terminal acetylenes is 1. The minimum absolute atomic E-state index is 0.612. The molecule has 6 rings (SSSR count). The van der Waals surface area contributed by atoms with Gasteiger partial charge >= 0.3 is 0 Å². The quantitative estimate of drug-likeness (QED) is 0.113. The Morgan fingerprint density at radius 3 is 1.54 bits per heavy atom. The fourth-order valence-electron chi connectivity index (χ4n) is 5.83. The van der Waals surface area contributed by atoms with Gasteiger partial charge in [0, 0.05) is 34.8 Å². The zero-order valence-corrected chi connectivity index (χ0v) is 29.1. The normalized spacial score (nSPS) is 10.6. The van der Waals surface area contributed by atoms with Gasteiger partial charge in [0.25, 0.3) is 0 Å². The van der Waals surface area contributed by atoms with E-state index in [0.29, 0.717) is 5.75 Å². The zero-order valence-electron chi connectivity index (χ0n) is 29.1. The Labute approximate surface area is 307 Å². The van der Waals surface area contributed by atoms with Gasteiger partial charge in [-0.1, -0.05) is 121 Å². The van der Waals surface area contributed by atoms with Gasteiger partial charge in [0.2, 0.25) is 0 Å². The summed E-state index contributed by atoms with van der Waals surface area (Å²) in [4.78, 5) is 2.22. The van der Waals surface area contributed by atoms with Crippen molar-refractivity contribution in [2.24, 2.45) is 0 Å². The minimum atomic E-state index is 0.612. The Morgan fingerprint density at radius 1 is 0.519 bits per heavy atom. The van der Waals surface area contributed by atoms with E-state index in [1.54, 1.807) is 0 Å². The van der Waals surface area contributed by atoms with Crippen LogP contribution < -0.4 is 9.64 Å². The van der Waals surface area contributed by atoms with Crippen LogP contribution in [0, 0.1) is 55.0 Å². The van der Waals surface area contributed by atoms with Crippen molar-refractivity contribution in [2.45, 2.75) is 13.8 Å². The predicted octanol–water partition coefficient (Wildman–Crippen LogP) is 11.5. The highest BCUT2D eigenvalue weighted by molar-refractivity contribution is 5.92. The lowest BCUT2D eigenvalue weighted by molar-refractivity contribution is 0.520. The molecule has 0 aromatic heterocycles. The minimum Gasteiger partial charge on any atom is -0.407 e. The van der Waals surface area contributed by atoms with Crippen LogP contribution in [0.5, 0.6) is 5.75 Å². The van der Waals surface area contributed by atoms with E-state index >= 15 is 0 Å². The number of hydrogen-bond acceptors (Lipinski definition) is 2. The summed E-state index contributed by atoms with van der Waals surface area (Å²) in [6.45, 7) is 4.18. The number of anilines is 3. The van der Waals surface area contributed by atoms with Crippen LogP contribution in [0.25, 0.3) is 17.2 Å². The monoisotopic (exact) mass is 665 g/mol. The van der Waals surface area contributed by atoms with Crippen molar-refractivity contribution in [2.75, 3.05) is 4.90 Å². The molecule has 6 aromatic rings. The summed E-state index contributed by atoms with van der Waals surface area (Å²) in [5, 5.41) is 0. The lowest BCUT2D eigenvalue weighted by atomic mass is 9.92. The van der Waals surface area contributed by atoms with Gasteiger partial charge in [-0.05, 0) is 125 Å². The molecule has 246 valence electrons.